The number of hydrogen-bond acceptors (Lipinski definition) is 7. The Morgan fingerprint density at radius 1 is 1.08 bits per heavy atom. The molecule has 0 unspecified atom stereocenters. The van der Waals surface area contributed by atoms with Gasteiger partial charge in [0.1, 0.15) is 17.4 Å². The van der Waals surface area contributed by atoms with Crippen LogP contribution in [0.1, 0.15) is 32.6 Å². The predicted octanol–water partition coefficient (Wildman–Crippen LogP) is 0.0295. The molecule has 1 saturated carbocycles. The van der Waals surface area contributed by atoms with E-state index in [0.29, 0.717) is 17.9 Å². The van der Waals surface area contributed by atoms with Gasteiger partial charge in [-0.25, -0.2) is 9.98 Å². The van der Waals surface area contributed by atoms with E-state index >= 15 is 0 Å². The summed E-state index contributed by atoms with van der Waals surface area (Å²) in [7, 11) is 0. The van der Waals surface area contributed by atoms with Crippen LogP contribution in [0.5, 0.6) is 0 Å². The molecule has 5 rings (SSSR count). The van der Waals surface area contributed by atoms with E-state index in [1.807, 2.05) is 0 Å². The number of amides is 3. The second-order valence-electron chi connectivity index (χ2n) is 8.84. The maximum absolute atomic E-state index is 12.7. The molecule has 13 nitrogen and oxygen atoms in total. The molecule has 3 aromatic rings. The fourth-order valence-corrected chi connectivity index (χ4v) is 5.54. The molecule has 1 fully saturated rings. The van der Waals surface area contributed by atoms with E-state index < -0.39 is 6.04 Å². The van der Waals surface area contributed by atoms with E-state index in [4.69, 9.17) is 11.5 Å². The highest BCUT2D eigenvalue weighted by atomic mass is 79.9. The van der Waals surface area contributed by atoms with E-state index in [1.54, 1.807) is 36.8 Å². The van der Waals surface area contributed by atoms with Crippen molar-refractivity contribution in [2.24, 2.45) is 28.5 Å². The first-order valence-corrected chi connectivity index (χ1v) is 12.1. The average Bonchev–Trinajstić information content (AvgIpc) is 3.62. The van der Waals surface area contributed by atoms with Gasteiger partial charge in [0.25, 0.3) is 17.7 Å². The molecular formula is C22H25BrN10O3. The lowest BCUT2D eigenvalue weighted by Gasteiger charge is -2.53. The van der Waals surface area contributed by atoms with E-state index in [0.717, 1.165) is 10.2 Å². The highest BCUT2D eigenvalue weighted by Crippen LogP contribution is 2.54. The number of aromatic amines is 3. The van der Waals surface area contributed by atoms with Crippen LogP contribution in [0.3, 0.4) is 0 Å². The number of aromatic nitrogens is 4. The first-order valence-electron chi connectivity index (χ1n) is 11.3. The Labute approximate surface area is 213 Å². The minimum absolute atomic E-state index is 0.0513. The van der Waals surface area contributed by atoms with E-state index in [9.17, 15) is 14.4 Å². The van der Waals surface area contributed by atoms with E-state index in [1.165, 1.54) is 0 Å². The van der Waals surface area contributed by atoms with Crippen LogP contribution in [0.15, 0.2) is 46.3 Å². The van der Waals surface area contributed by atoms with Gasteiger partial charge in [0.2, 0.25) is 0 Å². The molecule has 10 N–H and O–H groups in total. The number of nitrogen functional groups attached to an aromatic ring is 1. The number of nitrogens with two attached hydrogens (primary N) is 2. The second kappa shape index (κ2) is 9.53. The normalized spacial score (nSPS) is 25.1. The van der Waals surface area contributed by atoms with Crippen molar-refractivity contribution in [1.29, 1.82) is 0 Å². The Kier molecular flexibility index (Phi) is 6.26. The standard InChI is InChI=1S/C22H25BrN10O3/c23-9-4-13(27-5-9)19(35)29-7-11-10(6-28-18(34)12-2-1-3-26-12)15(14-8-30-21(24)31-14)16(11)17-20(36)33-22(25)32-17/h1-5,8,10-11,15-17,26-27H,6-7H2,(H,28,34)(H,29,35)(H3,24,30,31)(H3,25,32,33,36)/t10-,11-,15-,16+,17+/m1/s1. The number of guanidine groups is 1. The minimum atomic E-state index is -0.753. The maximum atomic E-state index is 12.7. The van der Waals surface area contributed by atoms with E-state index in [2.05, 4.69) is 56.8 Å². The lowest BCUT2D eigenvalue weighted by molar-refractivity contribution is -0.124. The van der Waals surface area contributed by atoms with Gasteiger partial charge in [-0.2, -0.15) is 0 Å². The number of H-pyrrole nitrogens is 3. The van der Waals surface area contributed by atoms with Gasteiger partial charge in [-0.15, -0.1) is 0 Å². The van der Waals surface area contributed by atoms with Crippen LogP contribution in [0.2, 0.25) is 0 Å². The van der Waals surface area contributed by atoms with Gasteiger partial charge in [0.05, 0.1) is 6.20 Å². The summed E-state index contributed by atoms with van der Waals surface area (Å²) in [5.41, 5.74) is 13.2. The Hall–Kier alpha value is -4.07. The number of nitrogens with one attached hydrogen (secondary N) is 6. The number of imidazole rings is 1. The highest BCUT2D eigenvalue weighted by molar-refractivity contribution is 9.10. The van der Waals surface area contributed by atoms with Crippen LogP contribution in [0, 0.1) is 17.8 Å². The third kappa shape index (κ3) is 4.46. The van der Waals surface area contributed by atoms with Crippen molar-refractivity contribution in [2.75, 3.05) is 18.8 Å². The predicted molar refractivity (Wildman–Crippen MR) is 134 cm³/mol. The largest absolute Gasteiger partial charge is 0.370 e. The van der Waals surface area contributed by atoms with Crippen molar-refractivity contribution in [3.8, 4) is 0 Å². The number of halogens is 1. The molecule has 1 aliphatic heterocycles. The van der Waals surface area contributed by atoms with Gasteiger partial charge in [-0.1, -0.05) is 0 Å². The van der Waals surface area contributed by atoms with Gasteiger partial charge in [-0.3, -0.25) is 19.7 Å². The summed E-state index contributed by atoms with van der Waals surface area (Å²) in [5, 5.41) is 8.46. The molecule has 5 atom stereocenters. The SMILES string of the molecule is NC1=N[C@@H]([C@H]2[C@H](CNC(=O)c3cc(Br)c[nH]3)[C@@H](CNC(=O)c3ccc[nH]3)[C@@H]2c2cnc(N)[nH]2)C(=O)N1. The molecule has 36 heavy (non-hydrogen) atoms. The summed E-state index contributed by atoms with van der Waals surface area (Å²) in [5.74, 6) is -1.51. The summed E-state index contributed by atoms with van der Waals surface area (Å²) in [6, 6.07) is 4.34. The molecule has 14 heteroatoms. The van der Waals surface area contributed by atoms with Crippen LogP contribution in [-0.4, -0.2) is 62.7 Å². The molecule has 4 heterocycles. The molecule has 0 spiro atoms. The number of nitrogens with zero attached hydrogens (tertiary/aromatic N) is 2. The van der Waals surface area contributed by atoms with Crippen LogP contribution in [-0.2, 0) is 4.79 Å². The molecule has 3 amide bonds. The quantitative estimate of drug-likeness (QED) is 0.191. The Morgan fingerprint density at radius 2 is 1.83 bits per heavy atom. The maximum Gasteiger partial charge on any atom is 0.267 e. The smallest absolute Gasteiger partial charge is 0.267 e. The van der Waals surface area contributed by atoms with Crippen LogP contribution < -0.4 is 27.4 Å². The van der Waals surface area contributed by atoms with Crippen LogP contribution in [0.4, 0.5) is 5.95 Å². The molecule has 188 valence electrons. The first kappa shape index (κ1) is 23.7. The van der Waals surface area contributed by atoms with Crippen molar-refractivity contribution < 1.29 is 14.4 Å². The molecule has 0 aromatic carbocycles. The molecule has 0 radical (unpaired) electrons. The molecule has 1 aliphatic carbocycles. The van der Waals surface area contributed by atoms with Gasteiger partial charge in [0, 0.05) is 47.5 Å². The number of aliphatic imine (C=N–C) groups is 1. The monoisotopic (exact) mass is 556 g/mol. The first-order chi connectivity index (χ1) is 17.3. The number of carbonyl (C=O) groups excluding carboxylic acids is 3. The molecule has 0 saturated heterocycles. The van der Waals surface area contributed by atoms with Crippen LogP contribution >= 0.6 is 15.9 Å². The Bertz CT molecular complexity index is 1310. The van der Waals surface area contributed by atoms with Gasteiger partial charge < -0.3 is 37.1 Å². The zero-order valence-electron chi connectivity index (χ0n) is 18.9. The summed E-state index contributed by atoms with van der Waals surface area (Å²) >= 11 is 3.32. The Morgan fingerprint density at radius 3 is 2.42 bits per heavy atom. The highest BCUT2D eigenvalue weighted by Gasteiger charge is 2.57. The summed E-state index contributed by atoms with van der Waals surface area (Å²) in [6.07, 6.45) is 4.96. The Balaban J connectivity index is 1.41. The fourth-order valence-electron chi connectivity index (χ4n) is 5.20. The number of carbonyl (C=O) groups is 3. The lowest BCUT2D eigenvalue weighted by atomic mass is 9.53. The zero-order chi connectivity index (χ0) is 25.4. The molecule has 3 aromatic heterocycles. The van der Waals surface area contributed by atoms with Gasteiger partial charge in [-0.05, 0) is 46.0 Å². The van der Waals surface area contributed by atoms with Crippen molar-refractivity contribution in [2.45, 2.75) is 12.0 Å². The van der Waals surface area contributed by atoms with Gasteiger partial charge in [0.15, 0.2) is 11.9 Å². The number of rotatable bonds is 8. The zero-order valence-corrected chi connectivity index (χ0v) is 20.5. The fraction of sp³-hybridized carbons (Fsp3) is 0.318. The van der Waals surface area contributed by atoms with Crippen molar-refractivity contribution in [3.05, 3.63) is 58.3 Å². The van der Waals surface area contributed by atoms with Crippen molar-refractivity contribution >= 4 is 45.6 Å². The second-order valence-corrected chi connectivity index (χ2v) is 9.75. The lowest BCUT2D eigenvalue weighted by Crippen LogP contribution is -2.59. The van der Waals surface area contributed by atoms with E-state index in [-0.39, 0.29) is 59.8 Å². The molecule has 2 aliphatic rings. The molecule has 0 bridgehead atoms. The topological polar surface area (TPSA) is 212 Å². The molecular weight excluding hydrogens is 532 g/mol. The summed E-state index contributed by atoms with van der Waals surface area (Å²) in [6.45, 7) is 0.544. The third-order valence-corrected chi connectivity index (χ3v) is 7.25. The van der Waals surface area contributed by atoms with Crippen molar-refractivity contribution in [1.82, 2.24) is 35.9 Å². The number of hydrogen-bond donors (Lipinski definition) is 8. The average molecular weight is 557 g/mol. The summed E-state index contributed by atoms with van der Waals surface area (Å²) < 4.78 is 0.753. The number of anilines is 1. The summed E-state index contributed by atoms with van der Waals surface area (Å²) in [4.78, 5) is 55.4. The van der Waals surface area contributed by atoms with Crippen LogP contribution in [0.25, 0.3) is 0 Å². The minimum Gasteiger partial charge on any atom is -0.370 e. The third-order valence-electron chi connectivity index (χ3n) is 6.79. The van der Waals surface area contributed by atoms with Crippen molar-refractivity contribution in [3.63, 3.8) is 0 Å². The van der Waals surface area contributed by atoms with Gasteiger partial charge >= 0.3 is 0 Å².